The van der Waals surface area contributed by atoms with E-state index in [0.29, 0.717) is 19.0 Å². The third kappa shape index (κ3) is 4.80. The van der Waals surface area contributed by atoms with Crippen molar-refractivity contribution in [3.8, 4) is 0 Å². The van der Waals surface area contributed by atoms with E-state index < -0.39 is 28.3 Å². The molecule has 1 fully saturated rings. The number of amides is 1. The highest BCUT2D eigenvalue weighted by Gasteiger charge is 2.40. The number of piperidine rings is 1. The van der Waals surface area contributed by atoms with Crippen LogP contribution in [0.15, 0.2) is 24.3 Å². The van der Waals surface area contributed by atoms with Crippen molar-refractivity contribution in [3.05, 3.63) is 34.9 Å². The molecule has 8 heteroatoms. The Hall–Kier alpha value is -0.990. The number of halogens is 1. The summed E-state index contributed by atoms with van der Waals surface area (Å²) in [5.74, 6) is -1.29. The third-order valence-electron chi connectivity index (χ3n) is 4.88. The van der Waals surface area contributed by atoms with Gasteiger partial charge in [0.25, 0.3) is 0 Å². The minimum absolute atomic E-state index is 0.186. The highest BCUT2D eigenvalue weighted by Crippen LogP contribution is 2.35. The molecule has 3 unspecified atom stereocenters. The van der Waals surface area contributed by atoms with Gasteiger partial charge in [0.05, 0.1) is 5.92 Å². The van der Waals surface area contributed by atoms with E-state index in [1.807, 2.05) is 29.2 Å². The molecule has 1 aliphatic heterocycles. The molecule has 6 nitrogen and oxygen atoms in total. The Morgan fingerprint density at radius 2 is 1.92 bits per heavy atom. The summed E-state index contributed by atoms with van der Waals surface area (Å²) in [5.41, 5.74) is 2.73. The van der Waals surface area contributed by atoms with E-state index >= 15 is 0 Å². The van der Waals surface area contributed by atoms with Crippen LogP contribution in [0.5, 0.6) is 0 Å². The number of benzene rings is 1. The van der Waals surface area contributed by atoms with Gasteiger partial charge in [-0.1, -0.05) is 43.6 Å². The van der Waals surface area contributed by atoms with Gasteiger partial charge in [-0.25, -0.2) is 9.69 Å². The zero-order chi connectivity index (χ0) is 18.6. The SMILES string of the molecule is CC(C)C(C(=O)NO)C(N1CCC(c2ccccc2Cl)CC1)S(=O)O. The number of nitrogens with zero attached hydrogens (tertiary/aromatic N) is 1. The highest BCUT2D eigenvalue weighted by atomic mass is 35.5. The normalized spacial score (nSPS) is 20.2. The Morgan fingerprint density at radius 3 is 2.40 bits per heavy atom. The summed E-state index contributed by atoms with van der Waals surface area (Å²) in [7, 11) is 0. The maximum absolute atomic E-state index is 12.0. The van der Waals surface area contributed by atoms with Crippen molar-refractivity contribution in [2.75, 3.05) is 13.1 Å². The number of hydrogen-bond donors (Lipinski definition) is 3. The van der Waals surface area contributed by atoms with Gasteiger partial charge in [0.15, 0.2) is 11.1 Å². The lowest BCUT2D eigenvalue weighted by molar-refractivity contribution is -0.136. The molecule has 1 amide bonds. The lowest BCUT2D eigenvalue weighted by atomic mass is 9.87. The Balaban J connectivity index is 2.14. The minimum Gasteiger partial charge on any atom is -0.305 e. The van der Waals surface area contributed by atoms with Crippen LogP contribution in [-0.4, -0.2) is 43.2 Å². The molecule has 0 aliphatic carbocycles. The zero-order valence-electron chi connectivity index (χ0n) is 14.4. The number of hydrogen-bond acceptors (Lipinski definition) is 4. The van der Waals surface area contributed by atoms with Gasteiger partial charge in [-0.15, -0.1) is 0 Å². The molecule has 2 rings (SSSR count). The number of hydroxylamine groups is 1. The minimum atomic E-state index is -2.21. The second-order valence-electron chi connectivity index (χ2n) is 6.74. The number of rotatable bonds is 6. The van der Waals surface area contributed by atoms with Crippen LogP contribution in [0.25, 0.3) is 0 Å². The van der Waals surface area contributed by atoms with Gasteiger partial charge < -0.3 is 4.55 Å². The summed E-state index contributed by atoms with van der Waals surface area (Å²) >= 11 is 4.07. The fraction of sp³-hybridized carbons (Fsp3) is 0.588. The van der Waals surface area contributed by atoms with E-state index in [9.17, 15) is 13.6 Å². The molecule has 3 N–H and O–H groups in total. The molecule has 3 atom stereocenters. The van der Waals surface area contributed by atoms with E-state index in [-0.39, 0.29) is 5.92 Å². The van der Waals surface area contributed by atoms with Crippen molar-refractivity contribution in [2.45, 2.75) is 38.0 Å². The molecule has 1 aromatic carbocycles. The molecule has 0 spiro atoms. The number of nitrogens with one attached hydrogen (secondary N) is 1. The molecule has 0 bridgehead atoms. The molecule has 1 saturated heterocycles. The van der Waals surface area contributed by atoms with Crippen molar-refractivity contribution in [3.63, 3.8) is 0 Å². The Kier molecular flexibility index (Phi) is 7.39. The third-order valence-corrected chi connectivity index (χ3v) is 6.23. The van der Waals surface area contributed by atoms with E-state index in [1.54, 1.807) is 19.3 Å². The second kappa shape index (κ2) is 9.09. The summed E-state index contributed by atoms with van der Waals surface area (Å²) in [6, 6.07) is 7.74. The molecule has 1 aromatic rings. The molecule has 140 valence electrons. The van der Waals surface area contributed by atoms with E-state index in [4.69, 9.17) is 16.8 Å². The predicted octanol–water partition coefficient (Wildman–Crippen LogP) is 2.84. The molecule has 1 aliphatic rings. The molecular formula is C17H25ClN2O4S. The lowest BCUT2D eigenvalue weighted by Gasteiger charge is -2.39. The number of carbonyl (C=O) groups excluding carboxylic acids is 1. The Bertz CT molecular complexity index is 620. The van der Waals surface area contributed by atoms with Crippen molar-refractivity contribution in [1.29, 1.82) is 0 Å². The molecule has 25 heavy (non-hydrogen) atoms. The van der Waals surface area contributed by atoms with Gasteiger partial charge in [-0.3, -0.25) is 14.9 Å². The zero-order valence-corrected chi connectivity index (χ0v) is 16.0. The average molecular weight is 389 g/mol. The number of carbonyl (C=O) groups is 1. The van der Waals surface area contributed by atoms with Crippen molar-refractivity contribution >= 4 is 28.6 Å². The molecule has 0 radical (unpaired) electrons. The first-order valence-electron chi connectivity index (χ1n) is 8.38. The van der Waals surface area contributed by atoms with Gasteiger partial charge in [0.2, 0.25) is 5.91 Å². The van der Waals surface area contributed by atoms with Crippen LogP contribution in [0.4, 0.5) is 0 Å². The standard InChI is InChI=1S/C17H25ClN2O4S/c1-11(2)15(16(21)19-22)17(25(23)24)20-9-7-12(8-10-20)13-5-3-4-6-14(13)18/h3-6,11-12,15,17,22H,7-10H2,1-2H3,(H,19,21)(H,23,24). The van der Waals surface area contributed by atoms with E-state index in [2.05, 4.69) is 0 Å². The van der Waals surface area contributed by atoms with E-state index in [1.165, 1.54) is 0 Å². The first-order chi connectivity index (χ1) is 11.9. The average Bonchev–Trinajstić information content (AvgIpc) is 2.59. The molecular weight excluding hydrogens is 364 g/mol. The highest BCUT2D eigenvalue weighted by molar-refractivity contribution is 7.79. The van der Waals surface area contributed by atoms with Gasteiger partial charge in [0.1, 0.15) is 5.37 Å². The van der Waals surface area contributed by atoms with Crippen LogP contribution in [0.1, 0.15) is 38.2 Å². The Labute approximate surface area is 155 Å². The van der Waals surface area contributed by atoms with Gasteiger partial charge in [-0.2, -0.15) is 0 Å². The van der Waals surface area contributed by atoms with Crippen LogP contribution in [-0.2, 0) is 15.9 Å². The number of likely N-dealkylation sites (tertiary alicyclic amines) is 1. The van der Waals surface area contributed by atoms with Crippen LogP contribution >= 0.6 is 11.6 Å². The van der Waals surface area contributed by atoms with Gasteiger partial charge >= 0.3 is 0 Å². The van der Waals surface area contributed by atoms with Crippen LogP contribution < -0.4 is 5.48 Å². The van der Waals surface area contributed by atoms with Crippen LogP contribution in [0.3, 0.4) is 0 Å². The molecule has 0 aromatic heterocycles. The topological polar surface area (TPSA) is 89.9 Å². The summed E-state index contributed by atoms with van der Waals surface area (Å²) in [6.07, 6.45) is 1.59. The molecule has 1 heterocycles. The molecule has 0 saturated carbocycles. The van der Waals surface area contributed by atoms with Gasteiger partial charge in [0, 0.05) is 5.02 Å². The smallest absolute Gasteiger partial charge is 0.249 e. The fourth-order valence-corrected chi connectivity index (χ4v) is 5.03. The predicted molar refractivity (Wildman–Crippen MR) is 97.8 cm³/mol. The van der Waals surface area contributed by atoms with Gasteiger partial charge in [-0.05, 0) is 49.4 Å². The summed E-state index contributed by atoms with van der Waals surface area (Å²) < 4.78 is 21.8. The van der Waals surface area contributed by atoms with Crippen LogP contribution in [0.2, 0.25) is 5.02 Å². The van der Waals surface area contributed by atoms with Crippen molar-refractivity contribution in [2.24, 2.45) is 11.8 Å². The lowest BCUT2D eigenvalue weighted by Crippen LogP contribution is -2.52. The maximum atomic E-state index is 12.0. The summed E-state index contributed by atoms with van der Waals surface area (Å²) in [6.45, 7) is 4.79. The van der Waals surface area contributed by atoms with Crippen molar-refractivity contribution in [1.82, 2.24) is 10.4 Å². The van der Waals surface area contributed by atoms with E-state index in [0.717, 1.165) is 23.4 Å². The second-order valence-corrected chi connectivity index (χ2v) is 8.19. The first kappa shape index (κ1) is 20.3. The van der Waals surface area contributed by atoms with Crippen molar-refractivity contribution < 1.29 is 18.8 Å². The van der Waals surface area contributed by atoms with Crippen LogP contribution in [0, 0.1) is 11.8 Å². The summed E-state index contributed by atoms with van der Waals surface area (Å²) in [5, 5.41) is 8.88. The largest absolute Gasteiger partial charge is 0.305 e. The summed E-state index contributed by atoms with van der Waals surface area (Å²) in [4.78, 5) is 13.9. The Morgan fingerprint density at radius 1 is 1.32 bits per heavy atom. The fourth-order valence-electron chi connectivity index (χ4n) is 3.59. The first-order valence-corrected chi connectivity index (χ1v) is 9.93. The quantitative estimate of drug-likeness (QED) is 0.396. The monoisotopic (exact) mass is 388 g/mol. The maximum Gasteiger partial charge on any atom is 0.249 e.